The average molecular weight is 340 g/mol. The third-order valence-corrected chi connectivity index (χ3v) is 3.47. The highest BCUT2D eigenvalue weighted by molar-refractivity contribution is 5.92. The maximum absolute atomic E-state index is 14.1. The molecule has 0 aliphatic heterocycles. The first kappa shape index (κ1) is 16.6. The summed E-state index contributed by atoms with van der Waals surface area (Å²) in [6.45, 7) is 0.568. The molecule has 0 atom stereocenters. The fraction of sp³-hybridized carbons (Fsp3) is 0.167. The zero-order chi connectivity index (χ0) is 17.5. The molecule has 1 aromatic heterocycles. The Hall–Kier alpha value is -3.22. The Morgan fingerprint density at radius 1 is 1.16 bits per heavy atom. The number of carbonyl (C=O) groups excluding carboxylic acids is 1. The highest BCUT2D eigenvalue weighted by Crippen LogP contribution is 2.31. The van der Waals surface area contributed by atoms with Gasteiger partial charge in [0.15, 0.2) is 11.6 Å². The first-order chi connectivity index (χ1) is 12.2. The average Bonchev–Trinajstić information content (AvgIpc) is 3.12. The van der Waals surface area contributed by atoms with Gasteiger partial charge in [-0.15, -0.1) is 0 Å². The lowest BCUT2D eigenvalue weighted by atomic mass is 10.2. The third kappa shape index (κ3) is 4.63. The van der Waals surface area contributed by atoms with E-state index in [1.54, 1.807) is 29.2 Å². The SMILES string of the molecule is O=C(CCCn1cncn1)Nc1c(F)cccc1Oc1ccccc1. The Bertz CT molecular complexity index is 822. The van der Waals surface area contributed by atoms with Crippen molar-refractivity contribution in [3.05, 3.63) is 67.0 Å². The Balaban J connectivity index is 1.63. The fourth-order valence-electron chi connectivity index (χ4n) is 2.28. The minimum atomic E-state index is -0.543. The molecule has 1 N–H and O–H groups in total. The van der Waals surface area contributed by atoms with Crippen LogP contribution in [0.1, 0.15) is 12.8 Å². The van der Waals surface area contributed by atoms with Gasteiger partial charge in [0, 0.05) is 13.0 Å². The lowest BCUT2D eigenvalue weighted by Gasteiger charge is -2.13. The number of aryl methyl sites for hydroxylation is 1. The summed E-state index contributed by atoms with van der Waals surface area (Å²) in [6.07, 6.45) is 3.82. The zero-order valence-electron chi connectivity index (χ0n) is 13.4. The molecule has 1 amide bonds. The number of nitrogens with one attached hydrogen (secondary N) is 1. The van der Waals surface area contributed by atoms with Crippen molar-refractivity contribution < 1.29 is 13.9 Å². The molecule has 0 unspecified atom stereocenters. The van der Waals surface area contributed by atoms with E-state index in [2.05, 4.69) is 15.4 Å². The first-order valence-corrected chi connectivity index (χ1v) is 7.86. The third-order valence-electron chi connectivity index (χ3n) is 3.47. The van der Waals surface area contributed by atoms with Crippen molar-refractivity contribution in [2.45, 2.75) is 19.4 Å². The number of benzene rings is 2. The van der Waals surface area contributed by atoms with Crippen molar-refractivity contribution in [2.75, 3.05) is 5.32 Å². The molecule has 128 valence electrons. The van der Waals surface area contributed by atoms with Crippen LogP contribution in [0.3, 0.4) is 0 Å². The number of hydrogen-bond acceptors (Lipinski definition) is 4. The Kier molecular flexibility index (Phi) is 5.36. The van der Waals surface area contributed by atoms with E-state index in [4.69, 9.17) is 4.74 Å². The quantitative estimate of drug-likeness (QED) is 0.713. The molecule has 3 aromatic rings. The molecule has 1 heterocycles. The molecule has 0 radical (unpaired) electrons. The van der Waals surface area contributed by atoms with Crippen molar-refractivity contribution in [3.8, 4) is 11.5 Å². The van der Waals surface area contributed by atoms with E-state index in [1.807, 2.05) is 18.2 Å². The second kappa shape index (κ2) is 8.05. The van der Waals surface area contributed by atoms with Crippen LogP contribution in [-0.4, -0.2) is 20.7 Å². The van der Waals surface area contributed by atoms with Gasteiger partial charge >= 0.3 is 0 Å². The van der Waals surface area contributed by atoms with Crippen LogP contribution in [0.15, 0.2) is 61.2 Å². The molecule has 0 spiro atoms. The van der Waals surface area contributed by atoms with E-state index in [0.717, 1.165) is 0 Å². The van der Waals surface area contributed by atoms with Crippen LogP contribution >= 0.6 is 0 Å². The van der Waals surface area contributed by atoms with E-state index in [9.17, 15) is 9.18 Å². The molecular formula is C18H17FN4O2. The summed E-state index contributed by atoms with van der Waals surface area (Å²) in [5.74, 6) is -0.00760. The lowest BCUT2D eigenvalue weighted by molar-refractivity contribution is -0.116. The molecule has 6 nitrogen and oxygen atoms in total. The normalized spacial score (nSPS) is 10.4. The molecule has 25 heavy (non-hydrogen) atoms. The lowest BCUT2D eigenvalue weighted by Crippen LogP contribution is -2.14. The van der Waals surface area contributed by atoms with Gasteiger partial charge in [0.05, 0.1) is 0 Å². The maximum Gasteiger partial charge on any atom is 0.224 e. The van der Waals surface area contributed by atoms with Crippen molar-refractivity contribution in [3.63, 3.8) is 0 Å². The minimum absolute atomic E-state index is 0.0390. The summed E-state index contributed by atoms with van der Waals surface area (Å²) in [5, 5.41) is 6.56. The van der Waals surface area contributed by atoms with Gasteiger partial charge in [-0.1, -0.05) is 24.3 Å². The zero-order valence-corrected chi connectivity index (χ0v) is 13.4. The molecule has 0 bridgehead atoms. The van der Waals surface area contributed by atoms with Gasteiger partial charge in [-0.05, 0) is 30.7 Å². The number of para-hydroxylation sites is 2. The first-order valence-electron chi connectivity index (χ1n) is 7.86. The second-order valence-electron chi connectivity index (χ2n) is 5.34. The number of rotatable bonds is 7. The molecule has 0 aliphatic carbocycles. The Morgan fingerprint density at radius 3 is 2.76 bits per heavy atom. The van der Waals surface area contributed by atoms with Gasteiger partial charge in [0.25, 0.3) is 0 Å². The van der Waals surface area contributed by atoms with E-state index < -0.39 is 5.82 Å². The highest BCUT2D eigenvalue weighted by Gasteiger charge is 2.13. The van der Waals surface area contributed by atoms with Crippen molar-refractivity contribution in [2.24, 2.45) is 0 Å². The number of hydrogen-bond donors (Lipinski definition) is 1. The van der Waals surface area contributed by atoms with Crippen LogP contribution in [0.2, 0.25) is 0 Å². The van der Waals surface area contributed by atoms with E-state index in [1.165, 1.54) is 18.5 Å². The van der Waals surface area contributed by atoms with Gasteiger partial charge < -0.3 is 10.1 Å². The summed E-state index contributed by atoms with van der Waals surface area (Å²) < 4.78 is 21.5. The van der Waals surface area contributed by atoms with E-state index in [-0.39, 0.29) is 23.8 Å². The van der Waals surface area contributed by atoms with Crippen LogP contribution in [0.5, 0.6) is 11.5 Å². The summed E-state index contributed by atoms with van der Waals surface area (Å²) in [4.78, 5) is 16.0. The van der Waals surface area contributed by atoms with Gasteiger partial charge in [-0.2, -0.15) is 5.10 Å². The van der Waals surface area contributed by atoms with E-state index in [0.29, 0.717) is 18.7 Å². The van der Waals surface area contributed by atoms with Crippen LogP contribution in [-0.2, 0) is 11.3 Å². The fourth-order valence-corrected chi connectivity index (χ4v) is 2.28. The van der Waals surface area contributed by atoms with Crippen molar-refractivity contribution in [1.82, 2.24) is 14.8 Å². The summed E-state index contributed by atoms with van der Waals surface area (Å²) in [7, 11) is 0. The summed E-state index contributed by atoms with van der Waals surface area (Å²) >= 11 is 0. The molecule has 0 aliphatic rings. The standard InChI is InChI=1S/C18H17FN4O2/c19-15-8-4-9-16(25-14-6-2-1-3-7-14)18(15)22-17(24)10-5-11-23-13-20-12-21-23/h1-4,6-9,12-13H,5,10-11H2,(H,22,24). The van der Waals surface area contributed by atoms with Gasteiger partial charge in [-0.3, -0.25) is 9.48 Å². The topological polar surface area (TPSA) is 69.0 Å². The number of ether oxygens (including phenoxy) is 1. The van der Waals surface area contributed by atoms with Gasteiger partial charge in [0.1, 0.15) is 24.1 Å². The monoisotopic (exact) mass is 340 g/mol. The molecule has 3 rings (SSSR count). The van der Waals surface area contributed by atoms with Crippen LogP contribution < -0.4 is 10.1 Å². The molecule has 7 heteroatoms. The predicted molar refractivity (Wildman–Crippen MR) is 90.8 cm³/mol. The van der Waals surface area contributed by atoms with Crippen molar-refractivity contribution in [1.29, 1.82) is 0 Å². The minimum Gasteiger partial charge on any atom is -0.455 e. The summed E-state index contributed by atoms with van der Waals surface area (Å²) in [5.41, 5.74) is 0.0390. The number of carbonyl (C=O) groups is 1. The number of anilines is 1. The van der Waals surface area contributed by atoms with Gasteiger partial charge in [0.2, 0.25) is 5.91 Å². The van der Waals surface area contributed by atoms with Crippen LogP contribution in [0, 0.1) is 5.82 Å². The molecule has 0 saturated heterocycles. The smallest absolute Gasteiger partial charge is 0.224 e. The molecule has 0 saturated carbocycles. The van der Waals surface area contributed by atoms with Crippen molar-refractivity contribution >= 4 is 11.6 Å². The second-order valence-corrected chi connectivity index (χ2v) is 5.34. The Morgan fingerprint density at radius 2 is 2.00 bits per heavy atom. The van der Waals surface area contributed by atoms with Crippen LogP contribution in [0.25, 0.3) is 0 Å². The maximum atomic E-state index is 14.1. The molecule has 0 fully saturated rings. The molecule has 2 aromatic carbocycles. The number of halogens is 1. The largest absolute Gasteiger partial charge is 0.455 e. The number of nitrogens with zero attached hydrogens (tertiary/aromatic N) is 3. The predicted octanol–water partition coefficient (Wildman–Crippen LogP) is 3.63. The van der Waals surface area contributed by atoms with Gasteiger partial charge in [-0.25, -0.2) is 9.37 Å². The molecular weight excluding hydrogens is 323 g/mol. The Labute approximate surface area is 144 Å². The number of aromatic nitrogens is 3. The highest BCUT2D eigenvalue weighted by atomic mass is 19.1. The summed E-state index contributed by atoms with van der Waals surface area (Å²) in [6, 6.07) is 13.4. The number of amides is 1. The van der Waals surface area contributed by atoms with E-state index >= 15 is 0 Å². The van der Waals surface area contributed by atoms with Crippen LogP contribution in [0.4, 0.5) is 10.1 Å².